The maximum atomic E-state index is 3.06. The summed E-state index contributed by atoms with van der Waals surface area (Å²) in [6, 6.07) is 38.0. The molecule has 2 radical (unpaired) electrons. The summed E-state index contributed by atoms with van der Waals surface area (Å²) in [5, 5.41) is 5.48. The molecule has 0 aromatic heterocycles. The van der Waals surface area contributed by atoms with Gasteiger partial charge >= 0.3 is 30.2 Å². The second-order valence-corrected chi connectivity index (χ2v) is 12.7. The fourth-order valence-electron chi connectivity index (χ4n) is 5.69. The van der Waals surface area contributed by atoms with Gasteiger partial charge in [0.2, 0.25) is 0 Å². The van der Waals surface area contributed by atoms with Crippen LogP contribution in [-0.4, -0.2) is 6.88 Å². The van der Waals surface area contributed by atoms with Gasteiger partial charge in [-0.15, -0.1) is 68.6 Å². The van der Waals surface area contributed by atoms with Crippen molar-refractivity contribution in [2.24, 2.45) is 0 Å². The Morgan fingerprint density at radius 2 is 1.27 bits per heavy atom. The van der Waals surface area contributed by atoms with Gasteiger partial charge in [-0.05, 0) is 40.5 Å². The van der Waals surface area contributed by atoms with E-state index in [1.165, 1.54) is 95.0 Å². The molecule has 0 aliphatic heterocycles. The predicted molar refractivity (Wildman–Crippen MR) is 196 cm³/mol. The summed E-state index contributed by atoms with van der Waals surface area (Å²) in [4.78, 5) is 0. The molecule has 0 N–H and O–H groups in total. The van der Waals surface area contributed by atoms with E-state index in [1.54, 1.807) is 0 Å². The minimum atomic E-state index is 0. The zero-order chi connectivity index (χ0) is 30.6. The van der Waals surface area contributed by atoms with Gasteiger partial charge in [-0.25, -0.2) is 0 Å². The number of benzene rings is 4. The van der Waals surface area contributed by atoms with E-state index in [0.29, 0.717) is 5.92 Å². The van der Waals surface area contributed by atoms with Crippen molar-refractivity contribution < 1.29 is 23.3 Å². The molecule has 2 heteroatoms. The van der Waals surface area contributed by atoms with Crippen LogP contribution in [0.25, 0.3) is 43.8 Å². The fourth-order valence-corrected chi connectivity index (χ4v) is 5.69. The van der Waals surface area contributed by atoms with Crippen molar-refractivity contribution in [3.8, 4) is 22.3 Å². The van der Waals surface area contributed by atoms with Crippen LogP contribution in [0.3, 0.4) is 0 Å². The van der Waals surface area contributed by atoms with Crippen LogP contribution in [0.5, 0.6) is 0 Å². The van der Waals surface area contributed by atoms with E-state index in [0.717, 1.165) is 0 Å². The summed E-state index contributed by atoms with van der Waals surface area (Å²) < 4.78 is 0. The van der Waals surface area contributed by atoms with E-state index in [4.69, 9.17) is 0 Å². The van der Waals surface area contributed by atoms with E-state index in [-0.39, 0.29) is 20.3 Å². The number of hydrogen-bond acceptors (Lipinski definition) is 0. The second kappa shape index (κ2) is 16.0. The molecule has 0 saturated carbocycles. The summed E-state index contributed by atoms with van der Waals surface area (Å²) >= 11 is 1.36. The molecule has 0 atom stereocenters. The molecule has 6 rings (SSSR count). The molecule has 0 aliphatic rings. The molecule has 44 heavy (non-hydrogen) atoms. The van der Waals surface area contributed by atoms with Gasteiger partial charge in [0.1, 0.15) is 0 Å². The predicted octanol–water partition coefficient (Wildman–Crippen LogP) is 12.3. The summed E-state index contributed by atoms with van der Waals surface area (Å²) in [6.45, 7) is 20.9. The average Bonchev–Trinajstić information content (AvgIpc) is 3.59. The van der Waals surface area contributed by atoms with Crippen LogP contribution in [0.4, 0.5) is 0 Å². The molecule has 0 aliphatic carbocycles. The number of fused-ring (bicyclic) bond motifs is 2. The minimum absolute atomic E-state index is 0. The SMILES string of the molecule is CC(C)c1cc2c(-c3ccc(C(C)(C)C)cc3)cccc2[cH-]1.Cc1cc2c(-c3ccccc3C)ccc(C)c2[cH-]1.[CH3-].[CH3-].[Si]=[Zr]. The molecule has 0 fully saturated rings. The van der Waals surface area contributed by atoms with Gasteiger partial charge in [-0.3, -0.25) is 0 Å². The molecule has 6 aromatic carbocycles. The molecule has 0 nitrogen and oxygen atoms in total. The Labute approximate surface area is 284 Å². The van der Waals surface area contributed by atoms with E-state index < -0.39 is 0 Å². The topological polar surface area (TPSA) is 0 Å². The average molecular weight is 672 g/mol. The standard InChI is InChI=1S/C22H25.C18H17.2CH3.Si.Zr/c1-15(2)18-13-17-7-6-8-20(21(17)14-18)16-9-11-19(12-10-16)22(3,4)5;1-12-10-17-14(3)8-9-16(18(17)11-12)15-7-5-4-6-13(15)2;;;;/h6-15H,1-5H3;4-11H,1-3H3;2*1H3;;/q4*-1;;. The van der Waals surface area contributed by atoms with E-state index >= 15 is 0 Å². The second-order valence-electron chi connectivity index (χ2n) is 12.7. The molecule has 0 amide bonds. The van der Waals surface area contributed by atoms with Gasteiger partial charge < -0.3 is 14.9 Å². The quantitative estimate of drug-likeness (QED) is 0.130. The van der Waals surface area contributed by atoms with Crippen molar-refractivity contribution in [1.29, 1.82) is 0 Å². The van der Waals surface area contributed by atoms with Gasteiger partial charge in [0, 0.05) is 0 Å². The zero-order valence-electron chi connectivity index (χ0n) is 28.4. The Morgan fingerprint density at radius 1 is 0.636 bits per heavy atom. The molecule has 6 aromatic rings. The molecule has 0 saturated heterocycles. The van der Waals surface area contributed by atoms with E-state index in [9.17, 15) is 0 Å². The number of aryl methyl sites for hydroxylation is 3. The first-order chi connectivity index (χ1) is 20.0. The molecular formula is C42H48SiZr-4. The monoisotopic (exact) mass is 670 g/mol. The maximum absolute atomic E-state index is 3.06. The number of hydrogen-bond donors (Lipinski definition) is 0. The van der Waals surface area contributed by atoms with Crippen molar-refractivity contribution in [2.45, 2.75) is 66.7 Å². The Balaban J connectivity index is 0.000000283. The first-order valence-electron chi connectivity index (χ1n) is 14.8. The van der Waals surface area contributed by atoms with Gasteiger partial charge in [-0.1, -0.05) is 120 Å². The summed E-state index contributed by atoms with van der Waals surface area (Å²) in [5.74, 6) is 0.573. The van der Waals surface area contributed by atoms with Crippen LogP contribution in [0.1, 0.15) is 68.4 Å². The summed E-state index contributed by atoms with van der Waals surface area (Å²) in [5.41, 5.74) is 12.4. The van der Waals surface area contributed by atoms with Crippen LogP contribution in [0.15, 0.2) is 103 Å². The van der Waals surface area contributed by atoms with Gasteiger partial charge in [0.25, 0.3) is 0 Å². The summed E-state index contributed by atoms with van der Waals surface area (Å²) in [6.07, 6.45) is 0. The normalized spacial score (nSPS) is 10.7. The Morgan fingerprint density at radius 3 is 1.89 bits per heavy atom. The van der Waals surface area contributed by atoms with Crippen LogP contribution < -0.4 is 0 Å². The Bertz CT molecular complexity index is 1790. The third-order valence-electron chi connectivity index (χ3n) is 8.19. The summed E-state index contributed by atoms with van der Waals surface area (Å²) in [7, 11) is 0. The van der Waals surface area contributed by atoms with Gasteiger partial charge in [0.05, 0.1) is 0 Å². The third-order valence-corrected chi connectivity index (χ3v) is 8.19. The number of rotatable bonds is 3. The van der Waals surface area contributed by atoms with Crippen molar-refractivity contribution in [2.75, 3.05) is 0 Å². The third kappa shape index (κ3) is 8.26. The van der Waals surface area contributed by atoms with Crippen molar-refractivity contribution in [3.05, 3.63) is 146 Å². The molecule has 0 unspecified atom stereocenters. The molecule has 228 valence electrons. The fraction of sp³-hybridized carbons (Fsp3) is 0.238. The molecule has 0 bridgehead atoms. The van der Waals surface area contributed by atoms with Gasteiger partial charge in [0.15, 0.2) is 0 Å². The molecule has 0 spiro atoms. The van der Waals surface area contributed by atoms with Gasteiger partial charge in [-0.2, -0.15) is 12.1 Å². The Kier molecular flexibility index (Phi) is 13.6. The molecular weight excluding hydrogens is 624 g/mol. The molecule has 0 heterocycles. The van der Waals surface area contributed by atoms with Crippen LogP contribution in [-0.2, 0) is 28.8 Å². The first kappa shape index (κ1) is 37.4. The van der Waals surface area contributed by atoms with E-state index in [2.05, 4.69) is 165 Å². The zero-order valence-corrected chi connectivity index (χ0v) is 31.9. The van der Waals surface area contributed by atoms with Crippen LogP contribution in [0.2, 0.25) is 0 Å². The van der Waals surface area contributed by atoms with Crippen LogP contribution >= 0.6 is 0 Å². The van der Waals surface area contributed by atoms with Crippen molar-refractivity contribution in [1.82, 2.24) is 0 Å². The van der Waals surface area contributed by atoms with E-state index in [1.807, 2.05) is 0 Å². The first-order valence-corrected chi connectivity index (χ1v) is 19.0. The Hall–Kier alpha value is -2.80. The van der Waals surface area contributed by atoms with Crippen LogP contribution in [0, 0.1) is 35.6 Å². The van der Waals surface area contributed by atoms with Crippen molar-refractivity contribution >= 4 is 28.4 Å². The van der Waals surface area contributed by atoms with Crippen molar-refractivity contribution in [3.63, 3.8) is 0 Å².